The minimum atomic E-state index is -4.31. The minimum Gasteiger partial charge on any atom is -0.357 e. The van der Waals surface area contributed by atoms with Crippen LogP contribution in [0.15, 0.2) is 29.3 Å². The molecule has 130 valence electrons. The fourth-order valence-corrected chi connectivity index (χ4v) is 2.16. The molecule has 0 saturated heterocycles. The molecule has 0 heterocycles. The van der Waals surface area contributed by atoms with Gasteiger partial charge in [-0.1, -0.05) is 25.0 Å². The van der Waals surface area contributed by atoms with Crippen molar-refractivity contribution in [3.63, 3.8) is 0 Å². The van der Waals surface area contributed by atoms with Gasteiger partial charge in [0.15, 0.2) is 5.96 Å². The van der Waals surface area contributed by atoms with Crippen LogP contribution >= 0.6 is 24.0 Å². The zero-order valence-corrected chi connectivity index (χ0v) is 15.4. The molecule has 0 radical (unpaired) electrons. The number of nitrogens with one attached hydrogen (secondary N) is 2. The van der Waals surface area contributed by atoms with Gasteiger partial charge < -0.3 is 10.6 Å². The van der Waals surface area contributed by atoms with Crippen molar-refractivity contribution in [1.29, 1.82) is 0 Å². The number of benzene rings is 1. The van der Waals surface area contributed by atoms with Gasteiger partial charge in [-0.2, -0.15) is 13.2 Å². The lowest BCUT2D eigenvalue weighted by atomic mass is 10.1. The molecule has 0 spiro atoms. The van der Waals surface area contributed by atoms with Gasteiger partial charge in [-0.3, -0.25) is 0 Å². The van der Waals surface area contributed by atoms with Crippen molar-refractivity contribution in [3.05, 3.63) is 35.4 Å². The van der Waals surface area contributed by atoms with Gasteiger partial charge in [0, 0.05) is 13.1 Å². The summed E-state index contributed by atoms with van der Waals surface area (Å²) < 4.78 is 38.0. The fraction of sp³-hybridized carbons (Fsp3) is 0.562. The summed E-state index contributed by atoms with van der Waals surface area (Å²) in [4.78, 5) is 4.35. The Bertz CT molecular complexity index is 514. The lowest BCUT2D eigenvalue weighted by molar-refractivity contribution is -0.137. The van der Waals surface area contributed by atoms with E-state index in [-0.39, 0.29) is 30.5 Å². The summed E-state index contributed by atoms with van der Waals surface area (Å²) in [6.07, 6.45) is -0.583. The first kappa shape index (κ1) is 20.1. The van der Waals surface area contributed by atoms with Crippen LogP contribution in [0.3, 0.4) is 0 Å². The lowest BCUT2D eigenvalue weighted by Crippen LogP contribution is -2.37. The van der Waals surface area contributed by atoms with Gasteiger partial charge in [0.1, 0.15) is 0 Å². The molecule has 7 heteroatoms. The average Bonchev–Trinajstić information content (AvgIpc) is 3.28. The van der Waals surface area contributed by atoms with Crippen LogP contribution < -0.4 is 10.6 Å². The van der Waals surface area contributed by atoms with Gasteiger partial charge in [-0.15, -0.1) is 24.0 Å². The van der Waals surface area contributed by atoms with Crippen molar-refractivity contribution in [2.75, 3.05) is 13.1 Å². The Balaban J connectivity index is 0.00000264. The Kier molecular flexibility index (Phi) is 8.15. The van der Waals surface area contributed by atoms with Crippen LogP contribution in [0.2, 0.25) is 0 Å². The maximum atomic E-state index is 12.7. The van der Waals surface area contributed by atoms with Crippen LogP contribution in [0.1, 0.15) is 37.3 Å². The average molecular weight is 441 g/mol. The molecule has 0 unspecified atom stereocenters. The predicted molar refractivity (Wildman–Crippen MR) is 97.0 cm³/mol. The number of rotatable bonds is 6. The van der Waals surface area contributed by atoms with E-state index in [9.17, 15) is 13.2 Å². The molecule has 1 fully saturated rings. The van der Waals surface area contributed by atoms with Gasteiger partial charge in [-0.05, 0) is 37.0 Å². The molecular formula is C16H23F3IN3. The maximum Gasteiger partial charge on any atom is 0.416 e. The molecule has 0 aliphatic heterocycles. The van der Waals surface area contributed by atoms with E-state index in [1.165, 1.54) is 18.9 Å². The quantitative estimate of drug-likeness (QED) is 0.395. The highest BCUT2D eigenvalue weighted by Gasteiger charge is 2.30. The number of halogens is 4. The highest BCUT2D eigenvalue weighted by atomic mass is 127. The zero-order chi connectivity index (χ0) is 16.0. The van der Waals surface area contributed by atoms with Crippen LogP contribution in [0, 0.1) is 5.92 Å². The van der Waals surface area contributed by atoms with Gasteiger partial charge in [-0.25, -0.2) is 4.99 Å². The third-order valence-corrected chi connectivity index (χ3v) is 3.56. The van der Waals surface area contributed by atoms with Crippen molar-refractivity contribution >= 4 is 29.9 Å². The molecule has 3 nitrogen and oxygen atoms in total. The van der Waals surface area contributed by atoms with Crippen molar-refractivity contribution in [1.82, 2.24) is 10.6 Å². The van der Waals surface area contributed by atoms with Gasteiger partial charge in [0.2, 0.25) is 0 Å². The lowest BCUT2D eigenvalue weighted by Gasteiger charge is -2.11. The first-order valence-corrected chi connectivity index (χ1v) is 7.67. The second-order valence-corrected chi connectivity index (χ2v) is 5.55. The maximum absolute atomic E-state index is 12.7. The van der Waals surface area contributed by atoms with Gasteiger partial charge in [0.05, 0.1) is 12.1 Å². The molecule has 0 atom stereocenters. The summed E-state index contributed by atoms with van der Waals surface area (Å²) in [5, 5.41) is 6.33. The monoisotopic (exact) mass is 441 g/mol. The second kappa shape index (κ2) is 9.34. The molecule has 1 aromatic carbocycles. The Morgan fingerprint density at radius 1 is 1.26 bits per heavy atom. The third kappa shape index (κ3) is 7.41. The van der Waals surface area contributed by atoms with E-state index in [2.05, 4.69) is 15.6 Å². The van der Waals surface area contributed by atoms with E-state index in [0.717, 1.165) is 37.6 Å². The van der Waals surface area contributed by atoms with E-state index < -0.39 is 11.7 Å². The summed E-state index contributed by atoms with van der Waals surface area (Å²) in [6.45, 7) is 3.75. The molecule has 1 aromatic rings. The van der Waals surface area contributed by atoms with Gasteiger partial charge in [0.25, 0.3) is 0 Å². The molecule has 1 aliphatic carbocycles. The number of aliphatic imine (C=N–C) groups is 1. The van der Waals surface area contributed by atoms with Crippen LogP contribution in [0.4, 0.5) is 13.2 Å². The van der Waals surface area contributed by atoms with Crippen molar-refractivity contribution in [2.45, 2.75) is 38.9 Å². The summed E-state index contributed by atoms with van der Waals surface area (Å²) in [5.74, 6) is 1.49. The van der Waals surface area contributed by atoms with Crippen molar-refractivity contribution < 1.29 is 13.2 Å². The van der Waals surface area contributed by atoms with Crippen LogP contribution in [-0.4, -0.2) is 19.0 Å². The number of guanidine groups is 1. The summed E-state index contributed by atoms with van der Waals surface area (Å²) >= 11 is 0. The molecule has 1 aliphatic rings. The van der Waals surface area contributed by atoms with Crippen molar-refractivity contribution in [3.8, 4) is 0 Å². The topological polar surface area (TPSA) is 36.4 Å². The fourth-order valence-electron chi connectivity index (χ4n) is 2.16. The molecule has 2 N–H and O–H groups in total. The third-order valence-electron chi connectivity index (χ3n) is 3.56. The number of alkyl halides is 3. The Hall–Kier alpha value is -0.990. The normalized spacial score (nSPS) is 15.0. The largest absolute Gasteiger partial charge is 0.416 e. The number of hydrogen-bond acceptors (Lipinski definition) is 1. The zero-order valence-electron chi connectivity index (χ0n) is 13.1. The molecule has 0 aromatic heterocycles. The SMILES string of the molecule is CCNC(=NCc1cccc(C(F)(F)F)c1)NCCC1CC1.I. The molecule has 2 rings (SSSR count). The first-order valence-electron chi connectivity index (χ1n) is 7.67. The summed E-state index contributed by atoms with van der Waals surface area (Å²) in [5.41, 5.74) is -0.0823. The van der Waals surface area contributed by atoms with Gasteiger partial charge >= 0.3 is 6.18 Å². The predicted octanol–water partition coefficient (Wildman–Crippen LogP) is 4.18. The van der Waals surface area contributed by atoms with E-state index >= 15 is 0 Å². The molecular weight excluding hydrogens is 418 g/mol. The van der Waals surface area contributed by atoms with E-state index in [4.69, 9.17) is 0 Å². The van der Waals surface area contributed by atoms with E-state index in [1.54, 1.807) is 6.07 Å². The Morgan fingerprint density at radius 3 is 2.61 bits per heavy atom. The Morgan fingerprint density at radius 2 is 2.00 bits per heavy atom. The molecule has 0 amide bonds. The molecule has 23 heavy (non-hydrogen) atoms. The second-order valence-electron chi connectivity index (χ2n) is 5.55. The summed E-state index contributed by atoms with van der Waals surface area (Å²) in [7, 11) is 0. The standard InChI is InChI=1S/C16H22F3N3.HI/c1-2-20-15(21-9-8-12-6-7-12)22-11-13-4-3-5-14(10-13)16(17,18)19;/h3-5,10,12H,2,6-9,11H2,1H3,(H2,20,21,22);1H. The van der Waals surface area contributed by atoms with E-state index in [1.807, 2.05) is 6.92 Å². The van der Waals surface area contributed by atoms with Crippen LogP contribution in [0.5, 0.6) is 0 Å². The van der Waals surface area contributed by atoms with E-state index in [0.29, 0.717) is 11.5 Å². The van der Waals surface area contributed by atoms with Crippen LogP contribution in [-0.2, 0) is 12.7 Å². The highest BCUT2D eigenvalue weighted by Crippen LogP contribution is 2.31. The van der Waals surface area contributed by atoms with Crippen LogP contribution in [0.25, 0.3) is 0 Å². The minimum absolute atomic E-state index is 0. The highest BCUT2D eigenvalue weighted by molar-refractivity contribution is 14.0. The number of hydrogen-bond donors (Lipinski definition) is 2. The summed E-state index contributed by atoms with van der Waals surface area (Å²) in [6, 6.07) is 5.30. The van der Waals surface area contributed by atoms with Crippen molar-refractivity contribution in [2.24, 2.45) is 10.9 Å². The molecule has 1 saturated carbocycles. The Labute approximate surface area is 152 Å². The smallest absolute Gasteiger partial charge is 0.357 e. The number of nitrogens with zero attached hydrogens (tertiary/aromatic N) is 1. The first-order chi connectivity index (χ1) is 10.5. The molecule has 0 bridgehead atoms.